The number of amides is 1. The smallest absolute Gasteiger partial charge is 0.247 e. The second-order valence-electron chi connectivity index (χ2n) is 5.38. The van der Waals surface area contributed by atoms with Crippen LogP contribution in [0.5, 0.6) is 0 Å². The number of carbonyl (C=O) groups excluding carboxylic acids is 1. The number of halogens is 2. The van der Waals surface area contributed by atoms with Gasteiger partial charge in [0.2, 0.25) is 5.91 Å². The Morgan fingerprint density at radius 3 is 2.61 bits per heavy atom. The predicted octanol–water partition coefficient (Wildman–Crippen LogP) is 3.00. The van der Waals surface area contributed by atoms with E-state index < -0.39 is 9.84 Å². The van der Waals surface area contributed by atoms with Crippen molar-refractivity contribution in [3.63, 3.8) is 0 Å². The molecule has 23 heavy (non-hydrogen) atoms. The number of sulfone groups is 1. The number of fused-ring (bicyclic) bond motifs is 1. The van der Waals surface area contributed by atoms with E-state index in [0.717, 1.165) is 0 Å². The highest BCUT2D eigenvalue weighted by atomic mass is 35.5. The van der Waals surface area contributed by atoms with Crippen molar-refractivity contribution in [2.45, 2.75) is 24.6 Å². The lowest BCUT2D eigenvalue weighted by molar-refractivity contribution is -0.117. The van der Waals surface area contributed by atoms with Gasteiger partial charge in [-0.1, -0.05) is 48.0 Å². The molecule has 2 unspecified atom stereocenters. The maximum atomic E-state index is 12.0. The highest BCUT2D eigenvalue weighted by Gasteiger charge is 2.50. The highest BCUT2D eigenvalue weighted by molar-refractivity contribution is 8.16. The summed E-state index contributed by atoms with van der Waals surface area (Å²) >= 11 is 13.9. The molecule has 0 radical (unpaired) electrons. The summed E-state index contributed by atoms with van der Waals surface area (Å²) in [7, 11) is -3.12. The summed E-state index contributed by atoms with van der Waals surface area (Å²) in [5, 5.41) is 1.10. The van der Waals surface area contributed by atoms with Crippen molar-refractivity contribution < 1.29 is 13.2 Å². The Kier molecular flexibility index (Phi) is 4.66. The molecule has 3 rings (SSSR count). The van der Waals surface area contributed by atoms with Crippen molar-refractivity contribution in [3.8, 4) is 0 Å². The van der Waals surface area contributed by atoms with E-state index in [4.69, 9.17) is 23.2 Å². The van der Waals surface area contributed by atoms with Gasteiger partial charge in [-0.2, -0.15) is 4.99 Å². The number of thioether (sulfide) groups is 1. The summed E-state index contributed by atoms with van der Waals surface area (Å²) in [6, 6.07) is 4.77. The van der Waals surface area contributed by atoms with Crippen molar-refractivity contribution in [2.24, 2.45) is 4.99 Å². The minimum Gasteiger partial charge on any atom is -0.313 e. The number of carbonyl (C=O) groups is 1. The van der Waals surface area contributed by atoms with Crippen LogP contribution in [0.25, 0.3) is 0 Å². The lowest BCUT2D eigenvalue weighted by Crippen LogP contribution is -2.38. The molecule has 1 aromatic rings. The minimum atomic E-state index is -3.12. The van der Waals surface area contributed by atoms with Crippen molar-refractivity contribution in [1.29, 1.82) is 0 Å². The van der Waals surface area contributed by atoms with Gasteiger partial charge in [0.05, 0.1) is 33.3 Å². The molecule has 1 aromatic carbocycles. The second-order valence-corrected chi connectivity index (χ2v) is 9.56. The minimum absolute atomic E-state index is 0.00551. The Morgan fingerprint density at radius 1 is 1.35 bits per heavy atom. The molecular weight excluding hydrogens is 379 g/mol. The number of nitrogens with zero attached hydrogens (tertiary/aromatic N) is 2. The average Bonchev–Trinajstić information content (AvgIpc) is 2.91. The summed E-state index contributed by atoms with van der Waals surface area (Å²) in [6.45, 7) is 1.73. The number of anilines is 1. The molecule has 2 saturated heterocycles. The molecule has 2 aliphatic heterocycles. The number of aliphatic imine (C=N–C) groups is 1. The van der Waals surface area contributed by atoms with Gasteiger partial charge in [-0.3, -0.25) is 4.79 Å². The second kappa shape index (κ2) is 6.27. The molecule has 9 heteroatoms. The highest BCUT2D eigenvalue weighted by Crippen LogP contribution is 2.45. The van der Waals surface area contributed by atoms with Crippen LogP contribution in [-0.4, -0.2) is 42.3 Å². The maximum Gasteiger partial charge on any atom is 0.247 e. The summed E-state index contributed by atoms with van der Waals surface area (Å²) in [4.78, 5) is 17.6. The zero-order chi connectivity index (χ0) is 16.8. The Labute approximate surface area is 149 Å². The number of rotatable bonds is 2. The monoisotopic (exact) mass is 392 g/mol. The third-order valence-electron chi connectivity index (χ3n) is 3.77. The van der Waals surface area contributed by atoms with Gasteiger partial charge in [0, 0.05) is 11.7 Å². The molecule has 0 saturated carbocycles. The van der Waals surface area contributed by atoms with Gasteiger partial charge in [-0.15, -0.1) is 0 Å². The van der Waals surface area contributed by atoms with Crippen LogP contribution in [0.3, 0.4) is 0 Å². The first-order valence-electron chi connectivity index (χ1n) is 7.04. The topological polar surface area (TPSA) is 66.8 Å². The van der Waals surface area contributed by atoms with E-state index in [-0.39, 0.29) is 35.1 Å². The Morgan fingerprint density at radius 2 is 2.00 bits per heavy atom. The van der Waals surface area contributed by atoms with Crippen LogP contribution in [0.2, 0.25) is 10.0 Å². The van der Waals surface area contributed by atoms with Gasteiger partial charge >= 0.3 is 0 Å². The molecule has 2 fully saturated rings. The molecule has 2 atom stereocenters. The van der Waals surface area contributed by atoms with Crippen LogP contribution >= 0.6 is 35.0 Å². The molecule has 0 aliphatic carbocycles. The maximum absolute atomic E-state index is 12.0. The molecule has 0 N–H and O–H groups in total. The van der Waals surface area contributed by atoms with E-state index in [9.17, 15) is 13.2 Å². The Hall–Kier alpha value is -0.760. The fourth-order valence-electron chi connectivity index (χ4n) is 2.73. The first-order valence-corrected chi connectivity index (χ1v) is 10.5. The summed E-state index contributed by atoms with van der Waals surface area (Å²) in [6.07, 6.45) is 0.280. The Bertz CT molecular complexity index is 775. The number of para-hydroxylation sites is 1. The molecule has 2 heterocycles. The number of amidine groups is 1. The van der Waals surface area contributed by atoms with Gasteiger partial charge in [0.25, 0.3) is 0 Å². The number of hydrogen-bond donors (Lipinski definition) is 0. The zero-order valence-electron chi connectivity index (χ0n) is 12.2. The zero-order valence-corrected chi connectivity index (χ0v) is 15.3. The van der Waals surface area contributed by atoms with E-state index in [0.29, 0.717) is 20.9 Å². The van der Waals surface area contributed by atoms with E-state index in [1.165, 1.54) is 11.8 Å². The molecule has 2 aliphatic rings. The van der Waals surface area contributed by atoms with Gasteiger partial charge in [-0.05, 0) is 12.1 Å². The molecular formula is C14H14Cl2N2O3S2. The van der Waals surface area contributed by atoms with Crippen LogP contribution < -0.4 is 4.90 Å². The number of hydrogen-bond acceptors (Lipinski definition) is 4. The first-order chi connectivity index (χ1) is 10.8. The van der Waals surface area contributed by atoms with E-state index in [2.05, 4.69) is 4.99 Å². The van der Waals surface area contributed by atoms with E-state index in [1.54, 1.807) is 30.0 Å². The van der Waals surface area contributed by atoms with Gasteiger partial charge in [0.15, 0.2) is 15.0 Å². The van der Waals surface area contributed by atoms with Gasteiger partial charge in [0.1, 0.15) is 0 Å². The van der Waals surface area contributed by atoms with Crippen molar-refractivity contribution >= 4 is 61.6 Å². The summed E-state index contributed by atoms with van der Waals surface area (Å²) in [5.41, 5.74) is 0.510. The molecule has 5 nitrogen and oxygen atoms in total. The van der Waals surface area contributed by atoms with Crippen molar-refractivity contribution in [1.82, 2.24) is 0 Å². The van der Waals surface area contributed by atoms with E-state index >= 15 is 0 Å². The summed E-state index contributed by atoms with van der Waals surface area (Å²) < 4.78 is 23.9. The van der Waals surface area contributed by atoms with Crippen LogP contribution in [0.15, 0.2) is 23.2 Å². The van der Waals surface area contributed by atoms with Crippen LogP contribution in [0.1, 0.15) is 13.3 Å². The van der Waals surface area contributed by atoms with Gasteiger partial charge < -0.3 is 4.90 Å². The lowest BCUT2D eigenvalue weighted by Gasteiger charge is -2.26. The fraction of sp³-hybridized carbons (Fsp3) is 0.429. The average molecular weight is 393 g/mol. The SMILES string of the molecule is CCC(=O)N=C1SC2CS(=O)(=O)CC2N1c1c(Cl)cccc1Cl. The quantitative estimate of drug-likeness (QED) is 0.773. The third-order valence-corrected chi connectivity index (χ3v) is 7.59. The largest absolute Gasteiger partial charge is 0.313 e. The molecule has 1 amide bonds. The lowest BCUT2D eigenvalue weighted by atomic mass is 10.2. The van der Waals surface area contributed by atoms with Gasteiger partial charge in [-0.25, -0.2) is 8.42 Å². The summed E-state index contributed by atoms with van der Waals surface area (Å²) in [5.74, 6) is -0.185. The van der Waals surface area contributed by atoms with E-state index in [1.807, 2.05) is 0 Å². The molecule has 0 spiro atoms. The predicted molar refractivity (Wildman–Crippen MR) is 95.5 cm³/mol. The normalized spacial score (nSPS) is 27.4. The number of benzene rings is 1. The fourth-order valence-corrected chi connectivity index (χ4v) is 7.23. The van der Waals surface area contributed by atoms with Crippen LogP contribution in [0.4, 0.5) is 5.69 Å². The van der Waals surface area contributed by atoms with Crippen molar-refractivity contribution in [3.05, 3.63) is 28.2 Å². The standard InChI is InChI=1S/C14H14Cl2N2O3S2/c1-2-12(19)17-14-18(13-8(15)4-3-5-9(13)16)10-6-23(20,21)7-11(10)22-14/h3-5,10-11H,2,6-7H2,1H3. The van der Waals surface area contributed by atoms with Crippen LogP contribution in [0, 0.1) is 0 Å². The molecule has 0 bridgehead atoms. The van der Waals surface area contributed by atoms with Crippen molar-refractivity contribution in [2.75, 3.05) is 16.4 Å². The first kappa shape index (κ1) is 17.1. The third kappa shape index (κ3) is 3.24. The molecule has 0 aromatic heterocycles. The molecule has 124 valence electrons. The Balaban J connectivity index is 2.11. The van der Waals surface area contributed by atoms with Crippen LogP contribution in [-0.2, 0) is 14.6 Å².